The molecular weight excluding hydrogens is 369 g/mol. The number of piperidine rings is 1. The molecule has 6 heteroatoms. The zero-order chi connectivity index (χ0) is 15.1. The van der Waals surface area contributed by atoms with Crippen LogP contribution in [0.15, 0.2) is 12.1 Å². The van der Waals surface area contributed by atoms with Gasteiger partial charge >= 0.3 is 0 Å². The number of phenolic OH excluding ortho intramolecular Hbond substituents is 2. The molecule has 0 saturated carbocycles. The van der Waals surface area contributed by atoms with E-state index in [1.165, 1.54) is 0 Å². The zero-order valence-corrected chi connectivity index (χ0v) is 16.8. The summed E-state index contributed by atoms with van der Waals surface area (Å²) in [5.41, 5.74) is 2.17. The number of nitrogens with zero attached hydrogens (tertiary/aromatic N) is 1. The SMILES string of the molecule is CC(C)CC1CN2CCc3cc(O)c(O)cc3C2CC1O.[NH2-].[Y]. The summed E-state index contributed by atoms with van der Waals surface area (Å²) in [7, 11) is 0. The molecule has 1 aromatic carbocycles. The van der Waals surface area contributed by atoms with Gasteiger partial charge in [0.2, 0.25) is 0 Å². The van der Waals surface area contributed by atoms with Crippen molar-refractivity contribution in [3.05, 3.63) is 29.4 Å². The number of aliphatic hydroxyl groups excluding tert-OH is 1. The Morgan fingerprint density at radius 3 is 2.52 bits per heavy atom. The molecule has 2 aliphatic heterocycles. The molecule has 1 saturated heterocycles. The minimum absolute atomic E-state index is 0. The van der Waals surface area contributed by atoms with Crippen molar-refractivity contribution >= 4 is 0 Å². The Morgan fingerprint density at radius 2 is 1.87 bits per heavy atom. The first-order chi connectivity index (χ1) is 9.95. The Morgan fingerprint density at radius 1 is 1.22 bits per heavy atom. The minimum Gasteiger partial charge on any atom is -0.693 e. The fourth-order valence-electron chi connectivity index (χ4n) is 3.96. The van der Waals surface area contributed by atoms with Gasteiger partial charge in [0.25, 0.3) is 0 Å². The number of aromatic hydroxyl groups is 2. The molecule has 3 rings (SSSR count). The van der Waals surface area contributed by atoms with E-state index < -0.39 is 0 Å². The van der Waals surface area contributed by atoms with Crippen LogP contribution in [0.4, 0.5) is 0 Å². The van der Waals surface area contributed by atoms with E-state index in [0.29, 0.717) is 18.3 Å². The largest absolute Gasteiger partial charge is 0.693 e. The second-order valence-electron chi connectivity index (χ2n) is 6.99. The van der Waals surface area contributed by atoms with Crippen molar-refractivity contribution in [1.29, 1.82) is 0 Å². The number of aliphatic hydroxyl groups is 1. The van der Waals surface area contributed by atoms with Gasteiger partial charge < -0.3 is 21.5 Å². The Kier molecular flexibility index (Phi) is 7.49. The Bertz CT molecular complexity index is 539. The van der Waals surface area contributed by atoms with E-state index in [9.17, 15) is 15.3 Å². The van der Waals surface area contributed by atoms with E-state index in [0.717, 1.165) is 37.1 Å². The van der Waals surface area contributed by atoms with Gasteiger partial charge in [-0.25, -0.2) is 0 Å². The standard InChI is InChI=1S/C17H25NO3.H2N.Y/c1-10(2)5-12-9-18-4-3-11-6-16(20)17(21)7-13(11)14(18)8-15(12)19;;/h6-7,10,12,14-15,19-21H,3-5,8-9H2,1-2H3;1H2;/q;-1;. The summed E-state index contributed by atoms with van der Waals surface area (Å²) in [4.78, 5) is 2.43. The first-order valence-corrected chi connectivity index (χ1v) is 7.92. The molecule has 1 radical (unpaired) electrons. The summed E-state index contributed by atoms with van der Waals surface area (Å²) in [5.74, 6) is 0.832. The molecule has 0 spiro atoms. The number of rotatable bonds is 2. The van der Waals surface area contributed by atoms with Crippen LogP contribution < -0.4 is 0 Å². The van der Waals surface area contributed by atoms with Crippen LogP contribution in [-0.4, -0.2) is 39.4 Å². The maximum absolute atomic E-state index is 10.5. The van der Waals surface area contributed by atoms with Gasteiger partial charge in [0.05, 0.1) is 6.10 Å². The Labute approximate surface area is 163 Å². The van der Waals surface area contributed by atoms with E-state index in [1.807, 2.05) is 0 Å². The molecule has 3 unspecified atom stereocenters. The summed E-state index contributed by atoms with van der Waals surface area (Å²) >= 11 is 0. The molecule has 1 fully saturated rings. The van der Waals surface area contributed by atoms with Crippen molar-refractivity contribution in [2.75, 3.05) is 13.1 Å². The van der Waals surface area contributed by atoms with Crippen molar-refractivity contribution < 1.29 is 48.0 Å². The molecule has 5 nitrogen and oxygen atoms in total. The van der Waals surface area contributed by atoms with E-state index in [2.05, 4.69) is 18.7 Å². The van der Waals surface area contributed by atoms with Crippen LogP contribution in [0.3, 0.4) is 0 Å². The van der Waals surface area contributed by atoms with Crippen LogP contribution in [0, 0.1) is 11.8 Å². The van der Waals surface area contributed by atoms with Crippen LogP contribution in [0.5, 0.6) is 11.5 Å². The Balaban J connectivity index is 0.00000132. The summed E-state index contributed by atoms with van der Waals surface area (Å²) in [6, 6.07) is 3.52. The first kappa shape index (κ1) is 20.8. The second-order valence-corrected chi connectivity index (χ2v) is 6.99. The molecule has 0 bridgehead atoms. The van der Waals surface area contributed by atoms with Crippen LogP contribution in [0.2, 0.25) is 0 Å². The maximum atomic E-state index is 10.5. The molecule has 23 heavy (non-hydrogen) atoms. The quantitative estimate of drug-likeness (QED) is 0.669. The smallest absolute Gasteiger partial charge is 0.157 e. The molecule has 2 aliphatic rings. The fraction of sp³-hybridized carbons (Fsp3) is 0.647. The monoisotopic (exact) mass is 396 g/mol. The van der Waals surface area contributed by atoms with Crippen LogP contribution in [-0.2, 0) is 39.1 Å². The van der Waals surface area contributed by atoms with Crippen molar-refractivity contribution in [3.8, 4) is 11.5 Å². The number of fused-ring (bicyclic) bond motifs is 3. The summed E-state index contributed by atoms with van der Waals surface area (Å²) in [6.45, 7) is 6.28. The number of benzene rings is 1. The third kappa shape index (κ3) is 4.26. The molecule has 5 N–H and O–H groups in total. The molecular formula is C17H27N2O3Y-. The summed E-state index contributed by atoms with van der Waals surface area (Å²) < 4.78 is 0. The van der Waals surface area contributed by atoms with Crippen molar-refractivity contribution in [3.63, 3.8) is 0 Å². The van der Waals surface area contributed by atoms with E-state index in [1.54, 1.807) is 12.1 Å². The third-order valence-electron chi connectivity index (χ3n) is 4.96. The minimum atomic E-state index is -0.282. The first-order valence-electron chi connectivity index (χ1n) is 7.92. The van der Waals surface area contributed by atoms with Gasteiger partial charge in [-0.2, -0.15) is 0 Å². The molecule has 0 amide bonds. The average molecular weight is 396 g/mol. The topological polar surface area (TPSA) is 97.4 Å². The van der Waals surface area contributed by atoms with E-state index >= 15 is 0 Å². The van der Waals surface area contributed by atoms with E-state index in [-0.39, 0.29) is 62.5 Å². The molecule has 0 aliphatic carbocycles. The van der Waals surface area contributed by atoms with Crippen molar-refractivity contribution in [1.82, 2.24) is 4.90 Å². The number of phenols is 2. The summed E-state index contributed by atoms with van der Waals surface area (Å²) in [5, 5.41) is 29.9. The second kappa shape index (κ2) is 8.26. The van der Waals surface area contributed by atoms with Gasteiger partial charge in [0.1, 0.15) is 0 Å². The predicted octanol–water partition coefficient (Wildman–Crippen LogP) is 3.14. The van der Waals surface area contributed by atoms with Gasteiger partial charge in [-0.3, -0.25) is 4.90 Å². The molecule has 1 aromatic rings. The van der Waals surface area contributed by atoms with Gasteiger partial charge in [-0.05, 0) is 54.4 Å². The zero-order valence-electron chi connectivity index (χ0n) is 13.9. The maximum Gasteiger partial charge on any atom is 0.157 e. The van der Waals surface area contributed by atoms with Crippen molar-refractivity contribution in [2.45, 2.75) is 45.3 Å². The van der Waals surface area contributed by atoms with Gasteiger partial charge in [-0.1, -0.05) is 13.8 Å². The Hall–Kier alpha value is -0.196. The summed E-state index contributed by atoms with van der Waals surface area (Å²) in [6.07, 6.45) is 2.38. The van der Waals surface area contributed by atoms with Crippen LogP contribution >= 0.6 is 0 Å². The third-order valence-corrected chi connectivity index (χ3v) is 4.96. The number of hydrogen-bond acceptors (Lipinski definition) is 4. The van der Waals surface area contributed by atoms with Crippen LogP contribution in [0.1, 0.15) is 43.9 Å². The number of hydrogen-bond donors (Lipinski definition) is 3. The number of nitrogens with two attached hydrogens (primary N) is 1. The normalized spacial score (nSPS) is 26.7. The molecule has 2 heterocycles. The van der Waals surface area contributed by atoms with E-state index in [4.69, 9.17) is 0 Å². The van der Waals surface area contributed by atoms with Crippen molar-refractivity contribution in [2.24, 2.45) is 11.8 Å². The van der Waals surface area contributed by atoms with Crippen LogP contribution in [0.25, 0.3) is 6.15 Å². The molecule has 127 valence electrons. The fourth-order valence-corrected chi connectivity index (χ4v) is 3.96. The molecule has 3 atom stereocenters. The molecule has 0 aromatic heterocycles. The van der Waals surface area contributed by atoms with Gasteiger partial charge in [-0.15, -0.1) is 0 Å². The predicted molar refractivity (Wildman–Crippen MR) is 86.6 cm³/mol. The average Bonchev–Trinajstić information content (AvgIpc) is 2.41. The van der Waals surface area contributed by atoms with Gasteiger partial charge in [0.15, 0.2) is 11.5 Å². The van der Waals surface area contributed by atoms with Gasteiger partial charge in [0, 0.05) is 51.8 Å².